The van der Waals surface area contributed by atoms with Crippen LogP contribution in [0.15, 0.2) is 60.2 Å². The van der Waals surface area contributed by atoms with Crippen molar-refractivity contribution in [3.05, 3.63) is 70.8 Å². The van der Waals surface area contributed by atoms with Gasteiger partial charge in [-0.2, -0.15) is 0 Å². The molecule has 0 unspecified atom stereocenters. The second-order valence-electron chi connectivity index (χ2n) is 7.25. The number of nitrogens with zero attached hydrogens (tertiary/aromatic N) is 3. The third-order valence-electron chi connectivity index (χ3n) is 5.17. The molecule has 0 aliphatic rings. The number of benzene rings is 2. The van der Waals surface area contributed by atoms with E-state index in [4.69, 9.17) is 9.47 Å². The van der Waals surface area contributed by atoms with E-state index in [-0.39, 0.29) is 5.91 Å². The highest BCUT2D eigenvalue weighted by Gasteiger charge is 2.18. The van der Waals surface area contributed by atoms with Crippen molar-refractivity contribution in [3.8, 4) is 33.3 Å². The molecule has 0 atom stereocenters. The van der Waals surface area contributed by atoms with Gasteiger partial charge in [0.25, 0.3) is 5.91 Å². The van der Waals surface area contributed by atoms with Crippen molar-refractivity contribution in [2.45, 2.75) is 6.92 Å². The van der Waals surface area contributed by atoms with Gasteiger partial charge in [0.05, 0.1) is 25.6 Å². The van der Waals surface area contributed by atoms with Gasteiger partial charge in [-0.05, 0) is 37.3 Å². The van der Waals surface area contributed by atoms with Crippen LogP contribution in [0.25, 0.3) is 26.8 Å². The number of aromatic nitrogens is 3. The lowest BCUT2D eigenvalue weighted by atomic mass is 10.1. The molecule has 9 heteroatoms. The maximum atomic E-state index is 12.9. The van der Waals surface area contributed by atoms with Crippen molar-refractivity contribution < 1.29 is 14.3 Å². The first-order chi connectivity index (χ1) is 16.1. The van der Waals surface area contributed by atoms with Crippen LogP contribution >= 0.6 is 22.7 Å². The number of rotatable bonds is 6. The first-order valence-electron chi connectivity index (χ1n) is 10.1. The molecule has 0 aliphatic carbocycles. The van der Waals surface area contributed by atoms with Crippen molar-refractivity contribution in [1.82, 2.24) is 14.4 Å². The molecule has 3 heterocycles. The number of hydrogen-bond donors (Lipinski definition) is 1. The Morgan fingerprint density at radius 2 is 1.76 bits per heavy atom. The van der Waals surface area contributed by atoms with Gasteiger partial charge in [-0.3, -0.25) is 9.20 Å². The zero-order valence-corrected chi connectivity index (χ0v) is 19.8. The number of methoxy groups -OCH3 is 2. The number of aryl methyl sites for hydroxylation is 1. The summed E-state index contributed by atoms with van der Waals surface area (Å²) < 4.78 is 12.7. The molecule has 0 spiro atoms. The number of hydrogen-bond acceptors (Lipinski definition) is 7. The smallest absolute Gasteiger partial charge is 0.267 e. The van der Waals surface area contributed by atoms with Gasteiger partial charge in [-0.25, -0.2) is 9.97 Å². The van der Waals surface area contributed by atoms with Crippen molar-refractivity contribution in [1.29, 1.82) is 0 Å². The molecule has 33 heavy (non-hydrogen) atoms. The van der Waals surface area contributed by atoms with Gasteiger partial charge in [-0.1, -0.05) is 12.1 Å². The Balaban J connectivity index is 1.34. The fourth-order valence-corrected chi connectivity index (χ4v) is 5.14. The Bertz CT molecular complexity index is 1420. The van der Waals surface area contributed by atoms with E-state index in [2.05, 4.69) is 15.3 Å². The Hall–Kier alpha value is -3.69. The maximum Gasteiger partial charge on any atom is 0.267 e. The van der Waals surface area contributed by atoms with E-state index in [1.165, 1.54) is 11.3 Å². The lowest BCUT2D eigenvalue weighted by Gasteiger charge is -2.08. The lowest BCUT2D eigenvalue weighted by Crippen LogP contribution is -2.11. The molecule has 2 aromatic carbocycles. The van der Waals surface area contributed by atoms with Crippen LogP contribution in [-0.2, 0) is 0 Å². The van der Waals surface area contributed by atoms with Crippen LogP contribution in [0.4, 0.5) is 5.69 Å². The van der Waals surface area contributed by atoms with E-state index in [0.717, 1.165) is 26.8 Å². The zero-order valence-electron chi connectivity index (χ0n) is 18.2. The number of imidazole rings is 1. The van der Waals surface area contributed by atoms with Crippen LogP contribution in [0.2, 0.25) is 0 Å². The minimum Gasteiger partial charge on any atom is -0.493 e. The molecular formula is C24H20N4O3S2. The fourth-order valence-electron chi connectivity index (χ4n) is 3.48. The first kappa shape index (κ1) is 21.2. The Morgan fingerprint density at radius 3 is 2.48 bits per heavy atom. The molecule has 166 valence electrons. The first-order valence-corrected chi connectivity index (χ1v) is 11.8. The molecule has 5 rings (SSSR count). The molecule has 0 fully saturated rings. The van der Waals surface area contributed by atoms with Gasteiger partial charge < -0.3 is 14.8 Å². The Labute approximate surface area is 198 Å². The lowest BCUT2D eigenvalue weighted by molar-refractivity contribution is 0.103. The second kappa shape index (κ2) is 8.68. The van der Waals surface area contributed by atoms with E-state index in [1.807, 2.05) is 71.6 Å². The quantitative estimate of drug-likeness (QED) is 0.337. The van der Waals surface area contributed by atoms with E-state index in [1.54, 1.807) is 25.6 Å². The van der Waals surface area contributed by atoms with Crippen LogP contribution in [-0.4, -0.2) is 34.5 Å². The van der Waals surface area contributed by atoms with Crippen molar-refractivity contribution in [3.63, 3.8) is 0 Å². The number of anilines is 1. The monoisotopic (exact) mass is 476 g/mol. The molecule has 7 nitrogen and oxygen atoms in total. The molecule has 0 saturated carbocycles. The predicted molar refractivity (Wildman–Crippen MR) is 132 cm³/mol. The molecular weight excluding hydrogens is 456 g/mol. The highest BCUT2D eigenvalue weighted by molar-refractivity contribution is 7.17. The normalized spacial score (nSPS) is 11.0. The van der Waals surface area contributed by atoms with Gasteiger partial charge in [-0.15, -0.1) is 22.7 Å². The Morgan fingerprint density at radius 1 is 1.00 bits per heavy atom. The molecule has 5 aromatic rings. The maximum absolute atomic E-state index is 12.9. The summed E-state index contributed by atoms with van der Waals surface area (Å²) >= 11 is 2.94. The molecule has 1 amide bonds. The third-order valence-corrected chi connectivity index (χ3v) is 7.14. The summed E-state index contributed by atoms with van der Waals surface area (Å²) in [5, 5.41) is 5.71. The number of carbonyl (C=O) groups excluding carboxylic acids is 1. The van der Waals surface area contributed by atoms with E-state index in [0.29, 0.717) is 27.8 Å². The van der Waals surface area contributed by atoms with Gasteiger partial charge in [0.1, 0.15) is 9.88 Å². The average Bonchev–Trinajstić information content (AvgIpc) is 3.54. The molecule has 3 aromatic heterocycles. The van der Waals surface area contributed by atoms with Crippen LogP contribution in [0, 0.1) is 6.92 Å². The standard InChI is InChI=1S/C24H20N4O3S2/c1-14-21(33-23(25-14)16-6-9-19(30-2)20(12-16)31-3)22(29)26-17-7-4-15(5-8-17)18-13-28-10-11-32-24(28)27-18/h4-13H,1-3H3,(H,26,29). The van der Waals surface area contributed by atoms with Gasteiger partial charge >= 0.3 is 0 Å². The SMILES string of the molecule is COc1ccc(-c2nc(C)c(C(=O)Nc3ccc(-c4cn5ccsc5n4)cc3)s2)cc1OC. The number of amides is 1. The molecule has 1 N–H and O–H groups in total. The minimum atomic E-state index is -0.188. The minimum absolute atomic E-state index is 0.188. The largest absolute Gasteiger partial charge is 0.493 e. The molecule has 0 bridgehead atoms. The number of ether oxygens (including phenoxy) is 2. The number of fused-ring (bicyclic) bond motifs is 1. The van der Waals surface area contributed by atoms with Gasteiger partial charge in [0.2, 0.25) is 0 Å². The number of thiazole rings is 2. The summed E-state index contributed by atoms with van der Waals surface area (Å²) in [6.45, 7) is 1.84. The number of carbonyl (C=O) groups is 1. The molecule has 0 saturated heterocycles. The van der Waals surface area contributed by atoms with E-state index < -0.39 is 0 Å². The molecule has 0 aliphatic heterocycles. The third kappa shape index (κ3) is 4.08. The summed E-state index contributed by atoms with van der Waals surface area (Å²) in [6, 6.07) is 13.3. The Kier molecular flexibility index (Phi) is 5.57. The highest BCUT2D eigenvalue weighted by atomic mass is 32.1. The fraction of sp³-hybridized carbons (Fsp3) is 0.125. The summed E-state index contributed by atoms with van der Waals surface area (Å²) in [7, 11) is 3.19. The van der Waals surface area contributed by atoms with Crippen LogP contribution in [0.1, 0.15) is 15.4 Å². The van der Waals surface area contributed by atoms with Gasteiger partial charge in [0, 0.05) is 34.6 Å². The van der Waals surface area contributed by atoms with Crippen molar-refractivity contribution in [2.75, 3.05) is 19.5 Å². The van der Waals surface area contributed by atoms with Crippen LogP contribution in [0.5, 0.6) is 11.5 Å². The zero-order chi connectivity index (χ0) is 22.9. The second-order valence-corrected chi connectivity index (χ2v) is 9.13. The van der Waals surface area contributed by atoms with Gasteiger partial charge in [0.15, 0.2) is 16.5 Å². The van der Waals surface area contributed by atoms with Crippen molar-refractivity contribution >= 4 is 39.2 Å². The average molecular weight is 477 g/mol. The van der Waals surface area contributed by atoms with E-state index >= 15 is 0 Å². The summed E-state index contributed by atoms with van der Waals surface area (Å²) in [4.78, 5) is 23.7. The topological polar surface area (TPSA) is 77.8 Å². The summed E-state index contributed by atoms with van der Waals surface area (Å²) in [5.41, 5.74) is 4.15. The number of nitrogens with one attached hydrogen (secondary N) is 1. The van der Waals surface area contributed by atoms with E-state index in [9.17, 15) is 4.79 Å². The van der Waals surface area contributed by atoms with Crippen molar-refractivity contribution in [2.24, 2.45) is 0 Å². The van der Waals surface area contributed by atoms with Crippen LogP contribution in [0.3, 0.4) is 0 Å². The predicted octanol–water partition coefficient (Wildman–Crippen LogP) is 5.76. The van der Waals surface area contributed by atoms with Crippen LogP contribution < -0.4 is 14.8 Å². The highest BCUT2D eigenvalue weighted by Crippen LogP contribution is 2.35. The molecule has 0 radical (unpaired) electrons. The summed E-state index contributed by atoms with van der Waals surface area (Å²) in [5.74, 6) is 1.07. The summed E-state index contributed by atoms with van der Waals surface area (Å²) in [6.07, 6.45) is 3.98.